The maximum absolute atomic E-state index is 9.99. The van der Waals surface area contributed by atoms with Gasteiger partial charge >= 0.3 is 6.09 Å². The van der Waals surface area contributed by atoms with Crippen molar-refractivity contribution in [3.8, 4) is 0 Å². The predicted octanol–water partition coefficient (Wildman–Crippen LogP) is -0.168. The largest absolute Gasteiger partial charge is 0.428 e. The highest BCUT2D eigenvalue weighted by atomic mass is 16.7. The molecule has 0 aliphatic carbocycles. The van der Waals surface area contributed by atoms with Gasteiger partial charge in [0.2, 0.25) is 5.95 Å². The molecular formula is C4H6N4O2. The fraction of sp³-hybridized carbons (Fsp3) is 0. The summed E-state index contributed by atoms with van der Waals surface area (Å²) in [6.45, 7) is 0. The number of aromatic nitrogens is 2. The minimum Gasteiger partial charge on any atom is -0.333 e. The van der Waals surface area contributed by atoms with Gasteiger partial charge in [-0.05, 0) is 0 Å². The summed E-state index contributed by atoms with van der Waals surface area (Å²) in [5.41, 5.74) is 6.83. The van der Waals surface area contributed by atoms with E-state index in [0.717, 1.165) is 0 Å². The number of nitrogens with zero attached hydrogens (tertiary/aromatic N) is 1. The number of nitrogens with one attached hydrogen (secondary N) is 2. The zero-order valence-electron chi connectivity index (χ0n) is 5.00. The number of carbonyl (C=O) groups excluding carboxylic acids is 1. The Bertz CT molecular complexity index is 207. The molecule has 10 heavy (non-hydrogen) atoms. The maximum atomic E-state index is 9.99. The number of hydrogen-bond acceptors (Lipinski definition) is 4. The Hall–Kier alpha value is -1.72. The minimum absolute atomic E-state index is 0.332. The Balaban J connectivity index is 2.35. The fourth-order valence-corrected chi connectivity index (χ4v) is 0.420. The molecular weight excluding hydrogens is 136 g/mol. The van der Waals surface area contributed by atoms with Crippen molar-refractivity contribution in [1.82, 2.24) is 9.97 Å². The van der Waals surface area contributed by atoms with Crippen LogP contribution in [0.15, 0.2) is 12.4 Å². The molecule has 1 heterocycles. The first-order valence-electron chi connectivity index (χ1n) is 2.50. The van der Waals surface area contributed by atoms with E-state index in [-0.39, 0.29) is 0 Å². The molecule has 0 atom stereocenters. The molecule has 0 unspecified atom stereocenters. The smallest absolute Gasteiger partial charge is 0.333 e. The number of amides is 1. The second kappa shape index (κ2) is 2.72. The Kier molecular flexibility index (Phi) is 1.74. The van der Waals surface area contributed by atoms with Crippen molar-refractivity contribution in [3.05, 3.63) is 12.4 Å². The van der Waals surface area contributed by atoms with E-state index in [1.165, 1.54) is 6.20 Å². The summed E-state index contributed by atoms with van der Waals surface area (Å²) >= 11 is 0. The van der Waals surface area contributed by atoms with Gasteiger partial charge in [0.25, 0.3) is 0 Å². The van der Waals surface area contributed by atoms with E-state index in [1.54, 1.807) is 6.20 Å². The summed E-state index contributed by atoms with van der Waals surface area (Å²) in [5.74, 6) is 0.332. The third-order valence-electron chi connectivity index (χ3n) is 0.747. The van der Waals surface area contributed by atoms with Gasteiger partial charge in [-0.1, -0.05) is 0 Å². The van der Waals surface area contributed by atoms with Gasteiger partial charge in [0.1, 0.15) is 0 Å². The zero-order chi connectivity index (χ0) is 7.40. The number of carbonyl (C=O) groups is 1. The summed E-state index contributed by atoms with van der Waals surface area (Å²) in [4.78, 5) is 20.5. The molecule has 54 valence electrons. The molecule has 0 radical (unpaired) electrons. The summed E-state index contributed by atoms with van der Waals surface area (Å²) in [5, 5.41) is 0. The van der Waals surface area contributed by atoms with Crippen molar-refractivity contribution in [2.45, 2.75) is 0 Å². The highest BCUT2D eigenvalue weighted by molar-refractivity contribution is 5.65. The number of aromatic amines is 1. The Morgan fingerprint density at radius 3 is 3.20 bits per heavy atom. The minimum atomic E-state index is -0.906. The zero-order valence-corrected chi connectivity index (χ0v) is 5.00. The highest BCUT2D eigenvalue weighted by Gasteiger charge is 1.94. The normalized spacial score (nSPS) is 8.80. The molecule has 1 aromatic rings. The maximum Gasteiger partial charge on any atom is 0.428 e. The standard InChI is InChI=1S/C4H6N4O2/c5-3(9)10-8-4-6-1-2-7-4/h1-2H,(H2,5,9)(H2,6,7,8). The van der Waals surface area contributed by atoms with Crippen LogP contribution in [0.1, 0.15) is 0 Å². The quantitative estimate of drug-likeness (QED) is 0.500. The summed E-state index contributed by atoms with van der Waals surface area (Å²) in [6.07, 6.45) is 2.18. The van der Waals surface area contributed by atoms with Gasteiger partial charge in [0.15, 0.2) is 0 Å². The number of anilines is 1. The van der Waals surface area contributed by atoms with Crippen LogP contribution in [-0.2, 0) is 4.84 Å². The first-order valence-corrected chi connectivity index (χ1v) is 2.50. The number of nitrogens with two attached hydrogens (primary N) is 1. The van der Waals surface area contributed by atoms with Crippen molar-refractivity contribution in [3.63, 3.8) is 0 Å². The van der Waals surface area contributed by atoms with E-state index < -0.39 is 6.09 Å². The van der Waals surface area contributed by atoms with Crippen LogP contribution in [0, 0.1) is 0 Å². The van der Waals surface area contributed by atoms with Gasteiger partial charge in [0, 0.05) is 12.4 Å². The van der Waals surface area contributed by atoms with Crippen LogP contribution in [0.4, 0.5) is 10.7 Å². The molecule has 1 rings (SSSR count). The Labute approximate surface area is 56.3 Å². The molecule has 0 bridgehead atoms. The molecule has 0 aromatic carbocycles. The van der Waals surface area contributed by atoms with Crippen molar-refractivity contribution < 1.29 is 9.63 Å². The molecule has 0 saturated heterocycles. The number of H-pyrrole nitrogens is 1. The lowest BCUT2D eigenvalue weighted by molar-refractivity contribution is 0.180. The van der Waals surface area contributed by atoms with Crippen molar-refractivity contribution in [1.29, 1.82) is 0 Å². The molecule has 0 aliphatic rings. The van der Waals surface area contributed by atoms with E-state index in [1.807, 2.05) is 0 Å². The van der Waals surface area contributed by atoms with Gasteiger partial charge in [-0.25, -0.2) is 9.78 Å². The Morgan fingerprint density at radius 1 is 1.90 bits per heavy atom. The molecule has 4 N–H and O–H groups in total. The molecule has 0 fully saturated rings. The van der Waals surface area contributed by atoms with E-state index >= 15 is 0 Å². The van der Waals surface area contributed by atoms with Gasteiger partial charge in [-0.2, -0.15) is 5.48 Å². The van der Waals surface area contributed by atoms with Crippen LogP contribution in [0.25, 0.3) is 0 Å². The summed E-state index contributed by atoms with van der Waals surface area (Å²) in [6, 6.07) is 0. The molecule has 1 amide bonds. The van der Waals surface area contributed by atoms with E-state index in [0.29, 0.717) is 5.95 Å². The van der Waals surface area contributed by atoms with Gasteiger partial charge in [0.05, 0.1) is 0 Å². The molecule has 0 aliphatic heterocycles. The number of primary amides is 1. The number of imidazole rings is 1. The average molecular weight is 142 g/mol. The number of rotatable bonds is 2. The van der Waals surface area contributed by atoms with Crippen molar-refractivity contribution in [2.75, 3.05) is 5.48 Å². The third kappa shape index (κ3) is 1.66. The van der Waals surface area contributed by atoms with Crippen molar-refractivity contribution >= 4 is 12.0 Å². The third-order valence-corrected chi connectivity index (χ3v) is 0.747. The lowest BCUT2D eigenvalue weighted by Gasteiger charge is -1.97. The molecule has 6 heteroatoms. The predicted molar refractivity (Wildman–Crippen MR) is 32.9 cm³/mol. The monoisotopic (exact) mass is 142 g/mol. The topological polar surface area (TPSA) is 93.0 Å². The van der Waals surface area contributed by atoms with E-state index in [4.69, 9.17) is 0 Å². The second-order valence-corrected chi connectivity index (χ2v) is 1.46. The SMILES string of the molecule is NC(=O)ONc1ncc[nH]1. The van der Waals surface area contributed by atoms with Crippen LogP contribution in [0.3, 0.4) is 0 Å². The molecule has 6 nitrogen and oxygen atoms in total. The molecule has 0 spiro atoms. The Morgan fingerprint density at radius 2 is 2.70 bits per heavy atom. The lowest BCUT2D eigenvalue weighted by Crippen LogP contribution is -2.17. The summed E-state index contributed by atoms with van der Waals surface area (Å²) < 4.78 is 0. The average Bonchev–Trinajstić information content (AvgIpc) is 2.34. The van der Waals surface area contributed by atoms with Crippen LogP contribution >= 0.6 is 0 Å². The van der Waals surface area contributed by atoms with Gasteiger partial charge in [-0.3, -0.25) is 0 Å². The van der Waals surface area contributed by atoms with E-state index in [2.05, 4.69) is 26.0 Å². The second-order valence-electron chi connectivity index (χ2n) is 1.46. The van der Waals surface area contributed by atoms with Crippen molar-refractivity contribution in [2.24, 2.45) is 5.73 Å². The van der Waals surface area contributed by atoms with Crippen LogP contribution < -0.4 is 11.2 Å². The summed E-state index contributed by atoms with van der Waals surface area (Å²) in [7, 11) is 0. The highest BCUT2D eigenvalue weighted by Crippen LogP contribution is 1.93. The molecule has 0 saturated carbocycles. The lowest BCUT2D eigenvalue weighted by atomic mass is 11.0. The first-order chi connectivity index (χ1) is 4.79. The van der Waals surface area contributed by atoms with Crippen LogP contribution in [0.2, 0.25) is 0 Å². The van der Waals surface area contributed by atoms with Gasteiger partial charge in [-0.15, -0.1) is 0 Å². The first kappa shape index (κ1) is 6.40. The fourth-order valence-electron chi connectivity index (χ4n) is 0.420. The van der Waals surface area contributed by atoms with E-state index in [9.17, 15) is 4.79 Å². The van der Waals surface area contributed by atoms with Crippen LogP contribution in [-0.4, -0.2) is 16.1 Å². The van der Waals surface area contributed by atoms with Crippen LogP contribution in [0.5, 0.6) is 0 Å². The molecule has 1 aromatic heterocycles. The number of hydrogen-bond donors (Lipinski definition) is 3. The van der Waals surface area contributed by atoms with Gasteiger partial charge < -0.3 is 15.6 Å².